The zero-order chi connectivity index (χ0) is 18.4. The number of Topliss-reactive ketones (excluding diaryl/α,β-unsaturated/α-hetero) is 1. The Kier molecular flexibility index (Phi) is 6.08. The molecule has 0 spiro atoms. The fourth-order valence-corrected chi connectivity index (χ4v) is 2.25. The van der Waals surface area contributed by atoms with Gasteiger partial charge in [0, 0.05) is 35.3 Å². The van der Waals surface area contributed by atoms with Crippen LogP contribution in [0.1, 0.15) is 27.6 Å². The van der Waals surface area contributed by atoms with Crippen LogP contribution in [0.25, 0.3) is 0 Å². The van der Waals surface area contributed by atoms with Crippen molar-refractivity contribution in [3.05, 3.63) is 68.7 Å². The van der Waals surface area contributed by atoms with Gasteiger partial charge in [0.1, 0.15) is 5.69 Å². The van der Waals surface area contributed by atoms with Crippen molar-refractivity contribution in [3.63, 3.8) is 0 Å². The molecule has 0 aromatic heterocycles. The van der Waals surface area contributed by atoms with Gasteiger partial charge in [0.05, 0.1) is 4.92 Å². The first kappa shape index (κ1) is 18.4. The monoisotopic (exact) mass is 361 g/mol. The van der Waals surface area contributed by atoms with E-state index < -0.39 is 4.92 Å². The molecule has 2 aromatic carbocycles. The van der Waals surface area contributed by atoms with Crippen molar-refractivity contribution in [3.8, 4) is 0 Å². The van der Waals surface area contributed by atoms with Gasteiger partial charge in [-0.2, -0.15) is 0 Å². The molecule has 2 N–H and O–H groups in total. The molecule has 0 aliphatic heterocycles. The predicted octanol–water partition coefficient (Wildman–Crippen LogP) is 3.29. The lowest BCUT2D eigenvalue weighted by Gasteiger charge is -2.09. The zero-order valence-electron chi connectivity index (χ0n) is 13.4. The number of benzene rings is 2. The van der Waals surface area contributed by atoms with E-state index in [0.717, 1.165) is 0 Å². The summed E-state index contributed by atoms with van der Waals surface area (Å²) in [5, 5.41) is 17.3. The first-order valence-corrected chi connectivity index (χ1v) is 7.83. The topological polar surface area (TPSA) is 101 Å². The number of nitro groups is 1. The van der Waals surface area contributed by atoms with Crippen molar-refractivity contribution >= 4 is 34.7 Å². The van der Waals surface area contributed by atoms with Crippen LogP contribution in [-0.2, 0) is 0 Å². The number of amides is 1. The van der Waals surface area contributed by atoms with E-state index in [-0.39, 0.29) is 35.2 Å². The highest BCUT2D eigenvalue weighted by atomic mass is 35.5. The number of carbonyl (C=O) groups excluding carboxylic acids is 2. The van der Waals surface area contributed by atoms with E-state index in [9.17, 15) is 19.7 Å². The number of hydrogen-bond acceptors (Lipinski definition) is 5. The van der Waals surface area contributed by atoms with Crippen LogP contribution in [0.2, 0.25) is 5.02 Å². The number of nitrogens with zero attached hydrogens (tertiary/aromatic N) is 1. The minimum Gasteiger partial charge on any atom is -0.378 e. The molecule has 0 aliphatic carbocycles. The molecule has 0 atom stereocenters. The number of anilines is 1. The van der Waals surface area contributed by atoms with Crippen molar-refractivity contribution < 1.29 is 14.5 Å². The Bertz CT molecular complexity index is 806. The summed E-state index contributed by atoms with van der Waals surface area (Å²) in [6.45, 7) is 1.91. The molecule has 0 heterocycles. The summed E-state index contributed by atoms with van der Waals surface area (Å²) in [6.07, 6.45) is 0. The summed E-state index contributed by atoms with van der Waals surface area (Å²) in [7, 11) is 0. The van der Waals surface area contributed by atoms with Gasteiger partial charge in [0.2, 0.25) is 0 Å². The van der Waals surface area contributed by atoms with Gasteiger partial charge >= 0.3 is 0 Å². The van der Waals surface area contributed by atoms with E-state index in [1.165, 1.54) is 25.1 Å². The number of nitro benzene ring substituents is 1. The Balaban J connectivity index is 1.93. The number of hydrogen-bond donors (Lipinski definition) is 2. The zero-order valence-corrected chi connectivity index (χ0v) is 14.2. The third-order valence-corrected chi connectivity index (χ3v) is 3.69. The molecule has 130 valence electrons. The molecule has 0 unspecified atom stereocenters. The number of nitrogens with one attached hydrogen (secondary N) is 2. The fraction of sp³-hybridized carbons (Fsp3) is 0.176. The molecule has 2 aromatic rings. The van der Waals surface area contributed by atoms with Crippen molar-refractivity contribution in [2.45, 2.75) is 6.92 Å². The van der Waals surface area contributed by atoms with Gasteiger partial charge in [-0.25, -0.2) is 0 Å². The Morgan fingerprint density at radius 1 is 1.08 bits per heavy atom. The van der Waals surface area contributed by atoms with E-state index in [4.69, 9.17) is 11.6 Å². The van der Waals surface area contributed by atoms with Crippen LogP contribution in [0.5, 0.6) is 0 Å². The second-order valence-electron chi connectivity index (χ2n) is 5.23. The van der Waals surface area contributed by atoms with Gasteiger partial charge in [-0.3, -0.25) is 19.7 Å². The molecular weight excluding hydrogens is 346 g/mol. The summed E-state index contributed by atoms with van der Waals surface area (Å²) in [4.78, 5) is 33.8. The van der Waals surface area contributed by atoms with E-state index in [1.807, 2.05) is 0 Å². The van der Waals surface area contributed by atoms with E-state index in [2.05, 4.69) is 10.6 Å². The van der Waals surface area contributed by atoms with Crippen molar-refractivity contribution in [1.82, 2.24) is 5.32 Å². The van der Waals surface area contributed by atoms with Crippen LogP contribution in [-0.4, -0.2) is 29.7 Å². The third-order valence-electron chi connectivity index (χ3n) is 3.43. The molecule has 0 fully saturated rings. The Labute approximate surface area is 149 Å². The molecule has 2 rings (SSSR count). The molecule has 7 nitrogen and oxygen atoms in total. The van der Waals surface area contributed by atoms with Crippen LogP contribution < -0.4 is 10.6 Å². The second-order valence-corrected chi connectivity index (χ2v) is 5.67. The average Bonchev–Trinajstić information content (AvgIpc) is 2.58. The fourth-order valence-electron chi connectivity index (χ4n) is 2.13. The van der Waals surface area contributed by atoms with Gasteiger partial charge in [0.25, 0.3) is 11.6 Å². The third kappa shape index (κ3) is 5.02. The first-order valence-electron chi connectivity index (χ1n) is 7.45. The van der Waals surface area contributed by atoms with Crippen LogP contribution in [0.15, 0.2) is 42.5 Å². The van der Waals surface area contributed by atoms with Crippen molar-refractivity contribution in [2.24, 2.45) is 0 Å². The van der Waals surface area contributed by atoms with E-state index in [1.54, 1.807) is 24.3 Å². The highest BCUT2D eigenvalue weighted by molar-refractivity contribution is 6.30. The second kappa shape index (κ2) is 8.25. The molecule has 25 heavy (non-hydrogen) atoms. The lowest BCUT2D eigenvalue weighted by Crippen LogP contribution is -2.28. The molecule has 1 amide bonds. The highest BCUT2D eigenvalue weighted by Crippen LogP contribution is 2.25. The smallest absolute Gasteiger partial charge is 0.293 e. The summed E-state index contributed by atoms with van der Waals surface area (Å²) >= 11 is 5.76. The molecule has 0 radical (unpaired) electrons. The molecular formula is C17H16ClN3O4. The van der Waals surface area contributed by atoms with Gasteiger partial charge < -0.3 is 10.6 Å². The molecule has 0 saturated heterocycles. The standard InChI is InChI=1S/C17H16ClN3O4/c1-11(22)13-4-7-15(16(10-13)21(24)25)19-8-9-20-17(23)12-2-5-14(18)6-3-12/h2-7,10,19H,8-9H2,1H3,(H,20,23). The van der Waals surface area contributed by atoms with E-state index in [0.29, 0.717) is 17.1 Å². The summed E-state index contributed by atoms with van der Waals surface area (Å²) in [6, 6.07) is 10.7. The van der Waals surface area contributed by atoms with Gasteiger partial charge in [-0.1, -0.05) is 11.6 Å². The van der Waals surface area contributed by atoms with Crippen LogP contribution >= 0.6 is 11.6 Å². The minimum absolute atomic E-state index is 0.184. The predicted molar refractivity (Wildman–Crippen MR) is 95.4 cm³/mol. The SMILES string of the molecule is CC(=O)c1ccc(NCCNC(=O)c2ccc(Cl)cc2)c([N+](=O)[O-])c1. The summed E-state index contributed by atoms with van der Waals surface area (Å²) < 4.78 is 0. The van der Waals surface area contributed by atoms with Gasteiger partial charge in [-0.15, -0.1) is 0 Å². The number of carbonyl (C=O) groups is 2. The van der Waals surface area contributed by atoms with E-state index >= 15 is 0 Å². The van der Waals surface area contributed by atoms with Crippen molar-refractivity contribution in [2.75, 3.05) is 18.4 Å². The van der Waals surface area contributed by atoms with Crippen LogP contribution in [0, 0.1) is 10.1 Å². The van der Waals surface area contributed by atoms with Crippen LogP contribution in [0.4, 0.5) is 11.4 Å². The first-order chi connectivity index (χ1) is 11.9. The Hall–Kier alpha value is -2.93. The normalized spacial score (nSPS) is 10.2. The lowest BCUT2D eigenvalue weighted by molar-refractivity contribution is -0.384. The van der Waals surface area contributed by atoms with Crippen LogP contribution in [0.3, 0.4) is 0 Å². The maximum absolute atomic E-state index is 11.9. The average molecular weight is 362 g/mol. The number of ketones is 1. The molecule has 0 aliphatic rings. The maximum Gasteiger partial charge on any atom is 0.293 e. The molecule has 0 bridgehead atoms. The molecule has 0 saturated carbocycles. The lowest BCUT2D eigenvalue weighted by atomic mass is 10.1. The van der Waals surface area contributed by atoms with Gasteiger partial charge in [0.15, 0.2) is 5.78 Å². The Morgan fingerprint density at radius 3 is 2.32 bits per heavy atom. The summed E-state index contributed by atoms with van der Waals surface area (Å²) in [5.74, 6) is -0.509. The highest BCUT2D eigenvalue weighted by Gasteiger charge is 2.15. The quantitative estimate of drug-likeness (QED) is 0.341. The largest absolute Gasteiger partial charge is 0.378 e. The summed E-state index contributed by atoms with van der Waals surface area (Å²) in [5.41, 5.74) is 0.849. The molecule has 8 heteroatoms. The van der Waals surface area contributed by atoms with Crippen molar-refractivity contribution in [1.29, 1.82) is 0 Å². The maximum atomic E-state index is 11.9. The minimum atomic E-state index is -0.554. The number of rotatable bonds is 7. The van der Waals surface area contributed by atoms with Gasteiger partial charge in [-0.05, 0) is 43.3 Å². The Morgan fingerprint density at radius 2 is 1.72 bits per heavy atom. The number of halogens is 1.